The highest BCUT2D eigenvalue weighted by Gasteiger charge is 2.25. The van der Waals surface area contributed by atoms with Crippen LogP contribution in [0, 0.1) is 5.92 Å². The van der Waals surface area contributed by atoms with Gasteiger partial charge in [0.05, 0.1) is 12.1 Å². The topological polar surface area (TPSA) is 113 Å². The number of hydrogen-bond donors (Lipinski definition) is 4. The summed E-state index contributed by atoms with van der Waals surface area (Å²) < 4.78 is 0. The minimum absolute atomic E-state index is 0.0129. The molecule has 0 aliphatic carbocycles. The minimum atomic E-state index is -0.590. The van der Waals surface area contributed by atoms with Crippen molar-refractivity contribution in [2.45, 2.75) is 52.1 Å². The van der Waals surface area contributed by atoms with Crippen LogP contribution in [0.15, 0.2) is 0 Å². The molecule has 7 nitrogen and oxygen atoms in total. The van der Waals surface area contributed by atoms with Gasteiger partial charge in [-0.3, -0.25) is 9.59 Å². The summed E-state index contributed by atoms with van der Waals surface area (Å²) in [6.07, 6.45) is 1.42. The summed E-state index contributed by atoms with van der Waals surface area (Å²) in [6, 6.07) is -1.44. The molecule has 3 amide bonds. The minimum Gasteiger partial charge on any atom is -0.352 e. The Bertz CT molecular complexity index is 358. The molecule has 21 heavy (non-hydrogen) atoms. The number of Topliss-reactive ketones (excluding diaryl/α,β-unsaturated/α-hetero) is 1. The molecule has 0 radical (unpaired) electrons. The highest BCUT2D eigenvalue weighted by atomic mass is 16.2. The molecule has 0 saturated carbocycles. The maximum Gasteiger partial charge on any atom is 0.312 e. The van der Waals surface area contributed by atoms with Gasteiger partial charge in [0.15, 0.2) is 5.78 Å². The standard InChI is InChI=1S/C14H28N4O3/c1-5-11(19)10(7-6-8-17-14(15)21)18-13(20)12(16-4)9(2)3/h9-10,12,16H,5-8H2,1-4H3,(H,18,20)(H3,15,17,21). The van der Waals surface area contributed by atoms with Gasteiger partial charge in [0.1, 0.15) is 0 Å². The SMILES string of the molecule is CCC(=O)C(CCCNC(N)=O)NC(=O)C(NC)C(C)C. The number of urea groups is 1. The number of likely N-dealkylation sites (N-methyl/N-ethyl adjacent to an activating group) is 1. The Morgan fingerprint density at radius 1 is 1.19 bits per heavy atom. The van der Waals surface area contributed by atoms with E-state index in [1.807, 2.05) is 13.8 Å². The molecule has 0 aliphatic heterocycles. The van der Waals surface area contributed by atoms with Crippen LogP contribution in [0.25, 0.3) is 0 Å². The number of carbonyl (C=O) groups excluding carboxylic acids is 3. The molecule has 122 valence electrons. The predicted molar refractivity (Wildman–Crippen MR) is 81.7 cm³/mol. The first-order valence-corrected chi connectivity index (χ1v) is 7.37. The highest BCUT2D eigenvalue weighted by molar-refractivity contribution is 5.90. The third-order valence-electron chi connectivity index (χ3n) is 3.28. The summed E-state index contributed by atoms with van der Waals surface area (Å²) in [5.74, 6) is -0.0629. The lowest BCUT2D eigenvalue weighted by Gasteiger charge is -2.23. The lowest BCUT2D eigenvalue weighted by molar-refractivity contribution is -0.129. The van der Waals surface area contributed by atoms with Crippen molar-refractivity contribution in [3.05, 3.63) is 0 Å². The van der Waals surface area contributed by atoms with E-state index in [4.69, 9.17) is 5.73 Å². The van der Waals surface area contributed by atoms with Gasteiger partial charge >= 0.3 is 6.03 Å². The Hall–Kier alpha value is -1.63. The lowest BCUT2D eigenvalue weighted by atomic mass is 10.0. The average molecular weight is 300 g/mol. The second-order valence-corrected chi connectivity index (χ2v) is 5.32. The monoisotopic (exact) mass is 300 g/mol. The molecule has 7 heteroatoms. The molecule has 0 fully saturated rings. The molecule has 2 unspecified atom stereocenters. The van der Waals surface area contributed by atoms with Crippen LogP contribution < -0.4 is 21.7 Å². The molecule has 0 spiro atoms. The van der Waals surface area contributed by atoms with Gasteiger partial charge in [0, 0.05) is 13.0 Å². The average Bonchev–Trinajstić information content (AvgIpc) is 2.41. The van der Waals surface area contributed by atoms with E-state index in [0.29, 0.717) is 25.8 Å². The zero-order valence-electron chi connectivity index (χ0n) is 13.4. The van der Waals surface area contributed by atoms with E-state index in [9.17, 15) is 14.4 Å². The Morgan fingerprint density at radius 3 is 2.24 bits per heavy atom. The summed E-state index contributed by atoms with van der Waals surface area (Å²) in [6.45, 7) is 6.03. The Morgan fingerprint density at radius 2 is 1.81 bits per heavy atom. The van der Waals surface area contributed by atoms with Crippen LogP contribution in [0.1, 0.15) is 40.0 Å². The Kier molecular flexibility index (Phi) is 9.36. The molecule has 0 aromatic heterocycles. The van der Waals surface area contributed by atoms with Crippen molar-refractivity contribution in [3.63, 3.8) is 0 Å². The summed E-state index contributed by atoms with van der Waals surface area (Å²) in [5.41, 5.74) is 4.97. The number of primary amides is 1. The molecule has 2 atom stereocenters. The zero-order chi connectivity index (χ0) is 16.4. The number of nitrogens with two attached hydrogens (primary N) is 1. The fraction of sp³-hybridized carbons (Fsp3) is 0.786. The summed E-state index contributed by atoms with van der Waals surface area (Å²) in [7, 11) is 1.72. The fourth-order valence-electron chi connectivity index (χ4n) is 2.11. The number of hydrogen-bond acceptors (Lipinski definition) is 4. The zero-order valence-corrected chi connectivity index (χ0v) is 13.4. The molecule has 0 saturated heterocycles. The summed E-state index contributed by atoms with van der Waals surface area (Å²) in [4.78, 5) is 34.7. The molecule has 0 aromatic carbocycles. The molecule has 5 N–H and O–H groups in total. The van der Waals surface area contributed by atoms with Crippen molar-refractivity contribution < 1.29 is 14.4 Å². The van der Waals surface area contributed by atoms with Crippen LogP contribution in [-0.2, 0) is 9.59 Å². The molecule has 0 rings (SSSR count). The smallest absolute Gasteiger partial charge is 0.312 e. The van der Waals surface area contributed by atoms with E-state index in [0.717, 1.165) is 0 Å². The maximum absolute atomic E-state index is 12.2. The van der Waals surface area contributed by atoms with Gasteiger partial charge in [0.2, 0.25) is 5.91 Å². The van der Waals surface area contributed by atoms with Crippen LogP contribution in [0.4, 0.5) is 4.79 Å². The number of carbonyl (C=O) groups is 3. The first-order valence-electron chi connectivity index (χ1n) is 7.37. The fourth-order valence-corrected chi connectivity index (χ4v) is 2.11. The van der Waals surface area contributed by atoms with E-state index >= 15 is 0 Å². The lowest BCUT2D eigenvalue weighted by Crippen LogP contribution is -2.51. The first-order chi connectivity index (χ1) is 9.83. The number of rotatable bonds is 10. The van der Waals surface area contributed by atoms with Crippen LogP contribution in [-0.4, -0.2) is 43.4 Å². The Balaban J connectivity index is 4.51. The van der Waals surface area contributed by atoms with E-state index < -0.39 is 12.1 Å². The Labute approximate surface area is 126 Å². The second kappa shape index (κ2) is 10.1. The van der Waals surface area contributed by atoms with Gasteiger partial charge in [-0.15, -0.1) is 0 Å². The van der Waals surface area contributed by atoms with Crippen molar-refractivity contribution in [1.82, 2.24) is 16.0 Å². The third-order valence-corrected chi connectivity index (χ3v) is 3.28. The molecule has 0 aliphatic rings. The van der Waals surface area contributed by atoms with Crippen molar-refractivity contribution in [2.75, 3.05) is 13.6 Å². The van der Waals surface area contributed by atoms with Gasteiger partial charge in [-0.05, 0) is 25.8 Å². The highest BCUT2D eigenvalue weighted by Crippen LogP contribution is 2.05. The molecule has 0 bridgehead atoms. The number of ketones is 1. The largest absolute Gasteiger partial charge is 0.352 e. The van der Waals surface area contributed by atoms with Gasteiger partial charge in [-0.25, -0.2) is 4.79 Å². The van der Waals surface area contributed by atoms with Crippen molar-refractivity contribution >= 4 is 17.7 Å². The van der Waals surface area contributed by atoms with E-state index in [1.54, 1.807) is 14.0 Å². The normalized spacial score (nSPS) is 13.6. The molecular formula is C14H28N4O3. The predicted octanol–water partition coefficient (Wildman–Crippen LogP) is 0.143. The quantitative estimate of drug-likeness (QED) is 0.430. The first kappa shape index (κ1) is 19.4. The van der Waals surface area contributed by atoms with Crippen LogP contribution in [0.5, 0.6) is 0 Å². The van der Waals surface area contributed by atoms with Gasteiger partial charge < -0.3 is 21.7 Å². The van der Waals surface area contributed by atoms with Crippen LogP contribution in [0.2, 0.25) is 0 Å². The summed E-state index contributed by atoms with van der Waals surface area (Å²) in [5, 5.41) is 8.21. The second-order valence-electron chi connectivity index (χ2n) is 5.32. The molecule has 0 heterocycles. The summed E-state index contributed by atoms with van der Waals surface area (Å²) >= 11 is 0. The van der Waals surface area contributed by atoms with Gasteiger partial charge in [0.25, 0.3) is 0 Å². The van der Waals surface area contributed by atoms with Crippen LogP contribution >= 0.6 is 0 Å². The van der Waals surface area contributed by atoms with E-state index in [2.05, 4.69) is 16.0 Å². The third kappa shape index (κ3) is 7.65. The van der Waals surface area contributed by atoms with Crippen molar-refractivity contribution in [2.24, 2.45) is 11.7 Å². The molecule has 0 aromatic rings. The van der Waals surface area contributed by atoms with Gasteiger partial charge in [-0.1, -0.05) is 20.8 Å². The number of nitrogens with one attached hydrogen (secondary N) is 3. The van der Waals surface area contributed by atoms with Gasteiger partial charge in [-0.2, -0.15) is 0 Å². The number of amides is 3. The molecular weight excluding hydrogens is 272 g/mol. The van der Waals surface area contributed by atoms with E-state index in [-0.39, 0.29) is 23.7 Å². The van der Waals surface area contributed by atoms with Crippen LogP contribution in [0.3, 0.4) is 0 Å². The maximum atomic E-state index is 12.2. The van der Waals surface area contributed by atoms with Crippen molar-refractivity contribution in [3.8, 4) is 0 Å². The van der Waals surface area contributed by atoms with E-state index in [1.165, 1.54) is 0 Å². The van der Waals surface area contributed by atoms with Crippen molar-refractivity contribution in [1.29, 1.82) is 0 Å².